The fourth-order valence-corrected chi connectivity index (χ4v) is 2.93. The molecule has 0 amide bonds. The molecule has 0 spiro atoms. The van der Waals surface area contributed by atoms with E-state index >= 15 is 0 Å². The van der Waals surface area contributed by atoms with Crippen LogP contribution in [0.2, 0.25) is 5.02 Å². The van der Waals surface area contributed by atoms with Crippen LogP contribution in [0.4, 0.5) is 4.39 Å². The Morgan fingerprint density at radius 3 is 2.80 bits per heavy atom. The van der Waals surface area contributed by atoms with Crippen molar-refractivity contribution in [3.05, 3.63) is 34.6 Å². The zero-order valence-electron chi connectivity index (χ0n) is 12.2. The Hall–Kier alpha value is -0.640. The molecule has 1 aliphatic rings. The molecule has 1 fully saturated rings. The minimum absolute atomic E-state index is 0.152. The first kappa shape index (κ1) is 15.7. The van der Waals surface area contributed by atoms with Gasteiger partial charge in [0, 0.05) is 17.1 Å². The monoisotopic (exact) mass is 298 g/mol. The Labute approximate surface area is 126 Å². The molecule has 1 aromatic rings. The number of rotatable bonds is 6. The molecule has 2 nitrogen and oxygen atoms in total. The molecule has 4 heteroatoms. The molecule has 0 atom stereocenters. The summed E-state index contributed by atoms with van der Waals surface area (Å²) >= 11 is 5.94. The maximum Gasteiger partial charge on any atom is 0.127 e. The number of piperidine rings is 1. The average molecular weight is 299 g/mol. The van der Waals surface area contributed by atoms with Crippen LogP contribution in [-0.4, -0.2) is 31.1 Å². The van der Waals surface area contributed by atoms with Crippen LogP contribution in [0.5, 0.6) is 0 Å². The summed E-state index contributed by atoms with van der Waals surface area (Å²) in [6, 6.07) is 4.80. The standard InChI is InChI=1S/C16H24ClFN2/c1-2-7-19-11-13-5-8-20(9-6-13)12-14-10-15(17)3-4-16(14)18/h3-4,10,13,19H,2,5-9,11-12H2,1H3. The topological polar surface area (TPSA) is 15.3 Å². The van der Waals surface area contributed by atoms with E-state index in [-0.39, 0.29) is 5.82 Å². The summed E-state index contributed by atoms with van der Waals surface area (Å²) in [5.74, 6) is 0.614. The normalized spacial score (nSPS) is 17.6. The number of hydrogen-bond acceptors (Lipinski definition) is 2. The third kappa shape index (κ3) is 4.72. The summed E-state index contributed by atoms with van der Waals surface area (Å²) in [6.45, 7) is 7.17. The Bertz CT molecular complexity index is 417. The first-order valence-electron chi connectivity index (χ1n) is 7.56. The van der Waals surface area contributed by atoms with Crippen molar-refractivity contribution in [2.45, 2.75) is 32.7 Å². The minimum Gasteiger partial charge on any atom is -0.316 e. The third-order valence-corrected chi connectivity index (χ3v) is 4.20. The van der Waals surface area contributed by atoms with Gasteiger partial charge in [-0.3, -0.25) is 4.90 Å². The molecule has 1 aliphatic heterocycles. The quantitative estimate of drug-likeness (QED) is 0.806. The highest BCUT2D eigenvalue weighted by Crippen LogP contribution is 2.21. The number of likely N-dealkylation sites (tertiary alicyclic amines) is 1. The molecule has 112 valence electrons. The molecule has 1 saturated heterocycles. The van der Waals surface area contributed by atoms with Gasteiger partial charge in [-0.15, -0.1) is 0 Å². The molecule has 20 heavy (non-hydrogen) atoms. The van der Waals surface area contributed by atoms with Crippen LogP contribution >= 0.6 is 11.6 Å². The van der Waals surface area contributed by atoms with Crippen molar-refractivity contribution in [3.8, 4) is 0 Å². The second kappa shape index (κ2) is 7.96. The lowest BCUT2D eigenvalue weighted by molar-refractivity contribution is 0.174. The van der Waals surface area contributed by atoms with Crippen molar-refractivity contribution in [1.82, 2.24) is 10.2 Å². The van der Waals surface area contributed by atoms with Crippen LogP contribution in [0.15, 0.2) is 18.2 Å². The van der Waals surface area contributed by atoms with Gasteiger partial charge >= 0.3 is 0 Å². The van der Waals surface area contributed by atoms with Gasteiger partial charge in [0.1, 0.15) is 5.82 Å². The molecule has 0 unspecified atom stereocenters. The summed E-state index contributed by atoms with van der Waals surface area (Å²) < 4.78 is 13.7. The van der Waals surface area contributed by atoms with Crippen LogP contribution in [0.1, 0.15) is 31.7 Å². The molecular weight excluding hydrogens is 275 g/mol. The van der Waals surface area contributed by atoms with Gasteiger partial charge in [0.2, 0.25) is 0 Å². The number of nitrogens with zero attached hydrogens (tertiary/aromatic N) is 1. The summed E-state index contributed by atoms with van der Waals surface area (Å²) in [5.41, 5.74) is 0.708. The van der Waals surface area contributed by atoms with E-state index in [4.69, 9.17) is 11.6 Å². The molecule has 1 heterocycles. The zero-order chi connectivity index (χ0) is 14.4. The summed E-state index contributed by atoms with van der Waals surface area (Å²) in [4.78, 5) is 2.32. The predicted octanol–water partition coefficient (Wildman–Crippen LogP) is 3.69. The largest absolute Gasteiger partial charge is 0.316 e. The van der Waals surface area contributed by atoms with Gasteiger partial charge in [0.15, 0.2) is 0 Å². The number of halogens is 2. The smallest absolute Gasteiger partial charge is 0.127 e. The van der Waals surface area contributed by atoms with Gasteiger partial charge in [0.05, 0.1) is 0 Å². The van der Waals surface area contributed by atoms with Crippen LogP contribution in [0.3, 0.4) is 0 Å². The van der Waals surface area contributed by atoms with E-state index in [0.29, 0.717) is 17.1 Å². The molecule has 0 aliphatic carbocycles. The van der Waals surface area contributed by atoms with Crippen molar-refractivity contribution in [2.75, 3.05) is 26.2 Å². The van der Waals surface area contributed by atoms with Crippen LogP contribution < -0.4 is 5.32 Å². The van der Waals surface area contributed by atoms with Gasteiger partial charge in [0.25, 0.3) is 0 Å². The van der Waals surface area contributed by atoms with Gasteiger partial charge in [-0.2, -0.15) is 0 Å². The number of nitrogens with one attached hydrogen (secondary N) is 1. The van der Waals surface area contributed by atoms with Gasteiger partial charge < -0.3 is 5.32 Å². The van der Waals surface area contributed by atoms with E-state index in [1.54, 1.807) is 12.1 Å². The van der Waals surface area contributed by atoms with E-state index in [1.165, 1.54) is 25.3 Å². The lowest BCUT2D eigenvalue weighted by Gasteiger charge is -2.32. The molecule has 2 rings (SSSR count). The van der Waals surface area contributed by atoms with Crippen molar-refractivity contribution < 1.29 is 4.39 Å². The molecule has 1 N–H and O–H groups in total. The summed E-state index contributed by atoms with van der Waals surface area (Å²) in [6.07, 6.45) is 3.57. The lowest BCUT2D eigenvalue weighted by Crippen LogP contribution is -2.37. The van der Waals surface area contributed by atoms with Gasteiger partial charge in [-0.1, -0.05) is 18.5 Å². The Kier molecular flexibility index (Phi) is 6.27. The van der Waals surface area contributed by atoms with Crippen molar-refractivity contribution in [2.24, 2.45) is 5.92 Å². The van der Waals surface area contributed by atoms with Crippen molar-refractivity contribution in [1.29, 1.82) is 0 Å². The maximum absolute atomic E-state index is 13.7. The zero-order valence-corrected chi connectivity index (χ0v) is 12.9. The van der Waals surface area contributed by atoms with Crippen molar-refractivity contribution >= 4 is 11.6 Å². The molecule has 1 aromatic carbocycles. The third-order valence-electron chi connectivity index (χ3n) is 3.97. The van der Waals surface area contributed by atoms with E-state index in [9.17, 15) is 4.39 Å². The summed E-state index contributed by atoms with van der Waals surface area (Å²) in [5, 5.41) is 4.10. The van der Waals surface area contributed by atoms with E-state index < -0.39 is 0 Å². The highest BCUT2D eigenvalue weighted by atomic mass is 35.5. The molecule has 0 aromatic heterocycles. The van der Waals surface area contributed by atoms with Gasteiger partial charge in [-0.25, -0.2) is 4.39 Å². The highest BCUT2D eigenvalue weighted by molar-refractivity contribution is 6.30. The molecular formula is C16H24ClFN2. The van der Waals surface area contributed by atoms with Crippen LogP contribution in [0, 0.1) is 11.7 Å². The second-order valence-electron chi connectivity index (χ2n) is 5.66. The molecule has 0 bridgehead atoms. The molecule has 0 saturated carbocycles. The number of benzene rings is 1. The van der Waals surface area contributed by atoms with E-state index in [1.807, 2.05) is 0 Å². The Balaban J connectivity index is 1.78. The average Bonchev–Trinajstić information content (AvgIpc) is 2.45. The predicted molar refractivity (Wildman–Crippen MR) is 82.6 cm³/mol. The first-order valence-corrected chi connectivity index (χ1v) is 7.94. The SMILES string of the molecule is CCCNCC1CCN(Cc2cc(Cl)ccc2F)CC1. The fraction of sp³-hybridized carbons (Fsp3) is 0.625. The fourth-order valence-electron chi connectivity index (χ4n) is 2.74. The molecule has 0 radical (unpaired) electrons. The van der Waals surface area contributed by atoms with Crippen LogP contribution in [-0.2, 0) is 6.54 Å². The van der Waals surface area contributed by atoms with Gasteiger partial charge in [-0.05, 0) is 69.6 Å². The Morgan fingerprint density at radius 2 is 2.10 bits per heavy atom. The lowest BCUT2D eigenvalue weighted by atomic mass is 9.96. The van der Waals surface area contributed by atoms with E-state index in [0.717, 1.165) is 32.1 Å². The Morgan fingerprint density at radius 1 is 1.35 bits per heavy atom. The van der Waals surface area contributed by atoms with Crippen LogP contribution in [0.25, 0.3) is 0 Å². The first-order chi connectivity index (χ1) is 9.69. The second-order valence-corrected chi connectivity index (χ2v) is 6.10. The maximum atomic E-state index is 13.7. The highest BCUT2D eigenvalue weighted by Gasteiger charge is 2.19. The summed E-state index contributed by atoms with van der Waals surface area (Å²) in [7, 11) is 0. The van der Waals surface area contributed by atoms with Crippen molar-refractivity contribution in [3.63, 3.8) is 0 Å². The van der Waals surface area contributed by atoms with E-state index in [2.05, 4.69) is 17.1 Å². The number of hydrogen-bond donors (Lipinski definition) is 1. The minimum atomic E-state index is -0.152.